The number of benzene rings is 1. The van der Waals surface area contributed by atoms with Gasteiger partial charge in [-0.3, -0.25) is 0 Å². The molecule has 1 aliphatic rings. The zero-order chi connectivity index (χ0) is 25.1. The largest absolute Gasteiger partial charge is 0.413 e. The molecule has 1 aromatic carbocycles. The second-order valence-electron chi connectivity index (χ2n) is 10.2. The van der Waals surface area contributed by atoms with Crippen molar-refractivity contribution >= 4 is 41.7 Å². The van der Waals surface area contributed by atoms with E-state index in [2.05, 4.69) is 76.5 Å². The minimum absolute atomic E-state index is 0.0565. The summed E-state index contributed by atoms with van der Waals surface area (Å²) in [5.41, 5.74) is 2.09. The fourth-order valence-corrected chi connectivity index (χ4v) is 4.58. The Morgan fingerprint density at radius 3 is 2.76 bits per heavy atom. The third kappa shape index (κ3) is 6.33. The highest BCUT2D eigenvalue weighted by molar-refractivity contribution is 9.10. The van der Waals surface area contributed by atoms with Crippen molar-refractivity contribution in [3.05, 3.63) is 39.7 Å². The van der Waals surface area contributed by atoms with E-state index in [-0.39, 0.29) is 22.8 Å². The van der Waals surface area contributed by atoms with Gasteiger partial charge in [0.2, 0.25) is 5.95 Å². The fourth-order valence-electron chi connectivity index (χ4n) is 3.29. The van der Waals surface area contributed by atoms with Gasteiger partial charge in [0.1, 0.15) is 11.6 Å². The molecule has 0 unspecified atom stereocenters. The van der Waals surface area contributed by atoms with Gasteiger partial charge in [0.25, 0.3) is 0 Å². The highest BCUT2D eigenvalue weighted by atomic mass is 79.9. The molecule has 184 valence electrons. The van der Waals surface area contributed by atoms with Crippen LogP contribution in [-0.2, 0) is 15.8 Å². The monoisotopic (exact) mass is 549 g/mol. The average Bonchev–Trinajstić information content (AvgIpc) is 2.77. The molecule has 1 aromatic heterocycles. The van der Waals surface area contributed by atoms with E-state index in [9.17, 15) is 9.65 Å². The third-order valence-electron chi connectivity index (χ3n) is 6.57. The van der Waals surface area contributed by atoms with E-state index in [1.807, 2.05) is 13.0 Å². The Hall–Kier alpha value is -2.06. The molecule has 0 spiro atoms. The number of aromatic nitrogens is 2. The van der Waals surface area contributed by atoms with Gasteiger partial charge in [0.15, 0.2) is 8.32 Å². The van der Waals surface area contributed by atoms with Crippen LogP contribution in [0.5, 0.6) is 0 Å². The van der Waals surface area contributed by atoms with Crippen molar-refractivity contribution in [2.75, 3.05) is 23.8 Å². The number of anilines is 3. The maximum Gasteiger partial charge on any atom is 0.229 e. The Morgan fingerprint density at radius 1 is 1.35 bits per heavy atom. The highest BCUT2D eigenvalue weighted by Gasteiger charge is 2.37. The molecule has 0 saturated carbocycles. The molecule has 0 radical (unpaired) electrons. The first-order chi connectivity index (χ1) is 15.9. The van der Waals surface area contributed by atoms with E-state index >= 15 is 0 Å². The first-order valence-electron chi connectivity index (χ1n) is 11.4. The summed E-state index contributed by atoms with van der Waals surface area (Å²) in [6, 6.07) is 5.44. The van der Waals surface area contributed by atoms with Crippen molar-refractivity contribution < 1.29 is 13.6 Å². The molecule has 0 bridgehead atoms. The van der Waals surface area contributed by atoms with E-state index in [0.717, 1.165) is 5.56 Å². The van der Waals surface area contributed by atoms with Gasteiger partial charge in [-0.2, -0.15) is 10.2 Å². The summed E-state index contributed by atoms with van der Waals surface area (Å²) in [6.07, 6.45) is 2.38. The van der Waals surface area contributed by atoms with E-state index in [0.29, 0.717) is 53.7 Å². The van der Waals surface area contributed by atoms with Crippen LogP contribution in [0.3, 0.4) is 0 Å². The van der Waals surface area contributed by atoms with Crippen molar-refractivity contribution in [1.29, 1.82) is 5.26 Å². The number of nitriles is 1. The molecule has 1 aliphatic heterocycles. The lowest BCUT2D eigenvalue weighted by atomic mass is 9.96. The molecule has 2 atom stereocenters. The van der Waals surface area contributed by atoms with Gasteiger partial charge in [0.05, 0.1) is 35.7 Å². The lowest BCUT2D eigenvalue weighted by molar-refractivity contribution is 0.0698. The summed E-state index contributed by atoms with van der Waals surface area (Å²) in [5.74, 6) is 0.410. The lowest BCUT2D eigenvalue weighted by Gasteiger charge is -2.36. The topological polar surface area (TPSA) is 92.1 Å². The molecule has 34 heavy (non-hydrogen) atoms. The van der Waals surface area contributed by atoms with Gasteiger partial charge in [0, 0.05) is 24.1 Å². The Balaban J connectivity index is 1.79. The van der Waals surface area contributed by atoms with Crippen LogP contribution in [0.1, 0.15) is 38.3 Å². The summed E-state index contributed by atoms with van der Waals surface area (Å²) in [5, 5.41) is 15.9. The van der Waals surface area contributed by atoms with E-state index < -0.39 is 8.32 Å². The molecule has 0 aliphatic carbocycles. The van der Waals surface area contributed by atoms with Crippen LogP contribution in [0, 0.1) is 30.0 Å². The normalized spacial score (nSPS) is 18.9. The SMILES string of the molecule is Cc1cnc(Nc2cc(F)c(Br)c(CO[Si](C)(C)C(C)(C)C)c2)nc1N[C@@H]1COCC[C@H]1C#N. The molecule has 3 rings (SSSR count). The minimum atomic E-state index is -1.99. The number of halogens is 2. The number of hydrogen-bond acceptors (Lipinski definition) is 7. The molecular formula is C24H33BrFN5O2Si. The summed E-state index contributed by atoms with van der Waals surface area (Å²) >= 11 is 3.36. The minimum Gasteiger partial charge on any atom is -0.413 e. The van der Waals surface area contributed by atoms with Gasteiger partial charge < -0.3 is 19.8 Å². The van der Waals surface area contributed by atoms with Crippen molar-refractivity contribution in [3.63, 3.8) is 0 Å². The Bertz CT molecular complexity index is 1070. The first kappa shape index (κ1) is 26.5. The quantitative estimate of drug-likeness (QED) is 0.392. The number of nitrogens with zero attached hydrogens (tertiary/aromatic N) is 3. The second-order valence-corrected chi connectivity index (χ2v) is 15.8. The van der Waals surface area contributed by atoms with Crippen LogP contribution in [0.2, 0.25) is 18.1 Å². The number of ether oxygens (including phenoxy) is 1. The highest BCUT2D eigenvalue weighted by Crippen LogP contribution is 2.38. The molecule has 1 fully saturated rings. The Morgan fingerprint density at radius 2 is 2.09 bits per heavy atom. The van der Waals surface area contributed by atoms with Gasteiger partial charge in [-0.05, 0) is 65.1 Å². The average molecular weight is 551 g/mol. The summed E-state index contributed by atoms with van der Waals surface area (Å²) in [4.78, 5) is 8.92. The van der Waals surface area contributed by atoms with Crippen LogP contribution in [0.4, 0.5) is 21.8 Å². The van der Waals surface area contributed by atoms with Crippen LogP contribution in [-0.4, -0.2) is 37.5 Å². The van der Waals surface area contributed by atoms with Gasteiger partial charge in [-0.25, -0.2) is 9.37 Å². The van der Waals surface area contributed by atoms with Crippen LogP contribution < -0.4 is 10.6 Å². The lowest BCUT2D eigenvalue weighted by Crippen LogP contribution is -2.40. The summed E-state index contributed by atoms with van der Waals surface area (Å²) < 4.78 is 26.9. The predicted molar refractivity (Wildman–Crippen MR) is 138 cm³/mol. The summed E-state index contributed by atoms with van der Waals surface area (Å²) in [7, 11) is -1.99. The number of nitrogens with one attached hydrogen (secondary N) is 2. The van der Waals surface area contributed by atoms with Crippen molar-refractivity contribution in [2.45, 2.75) is 64.9 Å². The molecule has 7 nitrogen and oxygen atoms in total. The van der Waals surface area contributed by atoms with Crippen LogP contribution in [0.25, 0.3) is 0 Å². The van der Waals surface area contributed by atoms with Crippen LogP contribution >= 0.6 is 15.9 Å². The van der Waals surface area contributed by atoms with Gasteiger partial charge in [-0.15, -0.1) is 0 Å². The fraction of sp³-hybridized carbons (Fsp3) is 0.542. The third-order valence-corrected chi connectivity index (χ3v) is 11.9. The van der Waals surface area contributed by atoms with Gasteiger partial charge in [-0.1, -0.05) is 20.8 Å². The number of hydrogen-bond donors (Lipinski definition) is 2. The van der Waals surface area contributed by atoms with Crippen LogP contribution in [0.15, 0.2) is 22.8 Å². The molecule has 2 heterocycles. The Kier molecular flexibility index (Phi) is 8.34. The molecule has 2 aromatic rings. The zero-order valence-electron chi connectivity index (χ0n) is 20.6. The first-order valence-corrected chi connectivity index (χ1v) is 15.1. The van der Waals surface area contributed by atoms with E-state index in [1.54, 1.807) is 6.20 Å². The second kappa shape index (κ2) is 10.7. The zero-order valence-corrected chi connectivity index (χ0v) is 23.2. The molecular weight excluding hydrogens is 517 g/mol. The van der Waals surface area contributed by atoms with Crippen molar-refractivity contribution in [1.82, 2.24) is 9.97 Å². The van der Waals surface area contributed by atoms with Crippen molar-refractivity contribution in [2.24, 2.45) is 5.92 Å². The predicted octanol–water partition coefficient (Wildman–Crippen LogP) is 6.29. The molecule has 2 N–H and O–H groups in total. The molecule has 10 heteroatoms. The molecule has 0 amide bonds. The van der Waals surface area contributed by atoms with E-state index in [1.165, 1.54) is 6.07 Å². The standard InChI is InChI=1S/C24H33BrFN5O2Si/c1-15-12-28-23(31-22(15)30-20-14-32-8-7-16(20)11-27)29-18-9-17(21(25)19(26)10-18)13-33-34(5,6)24(2,3)4/h9-10,12,16,20H,7-8,13-14H2,1-6H3,(H2,28,29,30,31)/t16-,20+/m0/s1. The van der Waals surface area contributed by atoms with E-state index in [4.69, 9.17) is 9.16 Å². The molecule has 1 saturated heterocycles. The van der Waals surface area contributed by atoms with Crippen molar-refractivity contribution in [3.8, 4) is 6.07 Å². The van der Waals surface area contributed by atoms with Gasteiger partial charge >= 0.3 is 0 Å². The number of aryl methyl sites for hydroxylation is 1. The smallest absolute Gasteiger partial charge is 0.229 e. The maximum atomic E-state index is 14.7. The number of rotatable bonds is 7. The maximum absolute atomic E-state index is 14.7. The summed E-state index contributed by atoms with van der Waals surface area (Å²) in [6.45, 7) is 14.1. The Labute approximate surface area is 210 Å².